The summed E-state index contributed by atoms with van der Waals surface area (Å²) in [5, 5.41) is 13.1. The van der Waals surface area contributed by atoms with Crippen LogP contribution in [0.3, 0.4) is 0 Å². The molecule has 0 spiro atoms. The zero-order valence-corrected chi connectivity index (χ0v) is 18.8. The summed E-state index contributed by atoms with van der Waals surface area (Å²) in [6, 6.07) is 17.1. The van der Waals surface area contributed by atoms with Crippen molar-refractivity contribution in [2.45, 2.75) is 11.4 Å². The van der Waals surface area contributed by atoms with Crippen molar-refractivity contribution in [2.75, 3.05) is 11.6 Å². The van der Waals surface area contributed by atoms with Crippen molar-refractivity contribution in [3.05, 3.63) is 69.9 Å². The molecule has 2 aromatic heterocycles. The molecule has 0 unspecified atom stereocenters. The first kappa shape index (κ1) is 19.4. The first-order valence-electron chi connectivity index (χ1n) is 8.98. The zero-order valence-electron chi connectivity index (χ0n) is 15.6. The number of hydrogen-bond acceptors (Lipinski definition) is 7. The number of nitrogens with one attached hydrogen (secondary N) is 1. The van der Waals surface area contributed by atoms with Crippen LogP contribution in [0.2, 0.25) is 5.02 Å². The minimum absolute atomic E-state index is 0.396. The van der Waals surface area contributed by atoms with Crippen molar-refractivity contribution in [3.8, 4) is 28.5 Å². The van der Waals surface area contributed by atoms with Gasteiger partial charge >= 0.3 is 0 Å². The third kappa shape index (κ3) is 3.66. The van der Waals surface area contributed by atoms with Gasteiger partial charge in [0.25, 0.3) is 0 Å². The maximum Gasteiger partial charge on any atom is 0.247 e. The van der Waals surface area contributed by atoms with Gasteiger partial charge in [-0.2, -0.15) is 4.98 Å². The van der Waals surface area contributed by atoms with E-state index in [1.54, 1.807) is 0 Å². The maximum absolute atomic E-state index is 6.21. The molecule has 1 aliphatic rings. The SMILES string of the molecule is CSc1nnc2c(n1)O[C@@H](c1ccc(-c3ccc(Cl)cc3)o1)Nc1ccc(Br)cc1-2. The van der Waals surface area contributed by atoms with Crippen LogP contribution in [0, 0.1) is 0 Å². The lowest BCUT2D eigenvalue weighted by Gasteiger charge is -2.16. The van der Waals surface area contributed by atoms with Crippen molar-refractivity contribution in [1.82, 2.24) is 15.2 Å². The topological polar surface area (TPSA) is 73.1 Å². The number of fused-ring (bicyclic) bond motifs is 3. The van der Waals surface area contributed by atoms with Crippen LogP contribution in [0.15, 0.2) is 68.6 Å². The number of ether oxygens (including phenoxy) is 1. The van der Waals surface area contributed by atoms with Crippen molar-refractivity contribution in [1.29, 1.82) is 0 Å². The zero-order chi connectivity index (χ0) is 20.7. The Balaban J connectivity index is 1.57. The van der Waals surface area contributed by atoms with E-state index in [-0.39, 0.29) is 0 Å². The van der Waals surface area contributed by atoms with E-state index < -0.39 is 6.23 Å². The molecule has 0 amide bonds. The average Bonchev–Trinajstić information content (AvgIpc) is 3.19. The summed E-state index contributed by atoms with van der Waals surface area (Å²) < 4.78 is 13.2. The molecular weight excluding hydrogens is 488 g/mol. The van der Waals surface area contributed by atoms with Gasteiger partial charge < -0.3 is 14.5 Å². The molecule has 1 aliphatic heterocycles. The van der Waals surface area contributed by atoms with Gasteiger partial charge in [-0.15, -0.1) is 10.2 Å². The van der Waals surface area contributed by atoms with Gasteiger partial charge in [0, 0.05) is 26.3 Å². The second-order valence-corrected chi connectivity index (χ2v) is 8.62. The van der Waals surface area contributed by atoms with Crippen molar-refractivity contribution >= 4 is 45.0 Å². The van der Waals surface area contributed by atoms with Crippen LogP contribution < -0.4 is 10.1 Å². The Labute approximate surface area is 190 Å². The summed E-state index contributed by atoms with van der Waals surface area (Å²) in [6.07, 6.45) is 1.31. The Bertz CT molecular complexity index is 1230. The number of benzene rings is 2. The van der Waals surface area contributed by atoms with E-state index in [9.17, 15) is 0 Å². The van der Waals surface area contributed by atoms with E-state index in [0.29, 0.717) is 27.5 Å². The van der Waals surface area contributed by atoms with Gasteiger partial charge in [-0.25, -0.2) is 0 Å². The summed E-state index contributed by atoms with van der Waals surface area (Å²) in [6.45, 7) is 0. The van der Waals surface area contributed by atoms with E-state index in [1.807, 2.05) is 60.9 Å². The first-order chi connectivity index (χ1) is 14.6. The number of rotatable bonds is 3. The smallest absolute Gasteiger partial charge is 0.247 e. The highest BCUT2D eigenvalue weighted by molar-refractivity contribution is 9.10. The summed E-state index contributed by atoms with van der Waals surface area (Å²) in [7, 11) is 0. The minimum Gasteiger partial charge on any atom is -0.455 e. The van der Waals surface area contributed by atoms with Crippen LogP contribution in [0.5, 0.6) is 5.88 Å². The first-order valence-corrected chi connectivity index (χ1v) is 11.4. The number of nitrogens with zero attached hydrogens (tertiary/aromatic N) is 3. The molecule has 30 heavy (non-hydrogen) atoms. The van der Waals surface area contributed by atoms with Gasteiger partial charge in [-0.1, -0.05) is 39.3 Å². The molecule has 0 saturated carbocycles. The van der Waals surface area contributed by atoms with E-state index >= 15 is 0 Å². The lowest BCUT2D eigenvalue weighted by Crippen LogP contribution is -2.16. The van der Waals surface area contributed by atoms with E-state index in [1.165, 1.54) is 11.8 Å². The number of halogens is 2. The Morgan fingerprint density at radius 3 is 2.70 bits per heavy atom. The quantitative estimate of drug-likeness (QED) is 0.324. The highest BCUT2D eigenvalue weighted by Gasteiger charge is 2.28. The van der Waals surface area contributed by atoms with Crippen molar-refractivity contribution < 1.29 is 9.15 Å². The molecule has 0 radical (unpaired) electrons. The number of hydrogen-bond donors (Lipinski definition) is 1. The Morgan fingerprint density at radius 1 is 1.07 bits per heavy atom. The summed E-state index contributed by atoms with van der Waals surface area (Å²) in [4.78, 5) is 4.53. The molecule has 9 heteroatoms. The molecule has 1 N–H and O–H groups in total. The van der Waals surface area contributed by atoms with Gasteiger partial charge in [-0.05, 0) is 60.9 Å². The monoisotopic (exact) mass is 500 g/mol. The Morgan fingerprint density at radius 2 is 1.90 bits per heavy atom. The molecule has 150 valence electrons. The molecule has 0 aliphatic carbocycles. The average molecular weight is 502 g/mol. The number of aromatic nitrogens is 3. The molecule has 6 nitrogen and oxygen atoms in total. The molecule has 3 heterocycles. The van der Waals surface area contributed by atoms with Crippen LogP contribution in [0.1, 0.15) is 12.0 Å². The maximum atomic E-state index is 6.21. The molecule has 0 saturated heterocycles. The molecule has 5 rings (SSSR count). The molecule has 1 atom stereocenters. The fourth-order valence-electron chi connectivity index (χ4n) is 3.15. The molecular formula is C21H14BrClN4O2S. The van der Waals surface area contributed by atoms with Crippen molar-refractivity contribution in [3.63, 3.8) is 0 Å². The fourth-order valence-corrected chi connectivity index (χ4v) is 3.93. The van der Waals surface area contributed by atoms with Crippen LogP contribution >= 0.6 is 39.3 Å². The number of thioether (sulfide) groups is 1. The largest absolute Gasteiger partial charge is 0.455 e. The predicted molar refractivity (Wildman–Crippen MR) is 121 cm³/mol. The van der Waals surface area contributed by atoms with E-state index in [2.05, 4.69) is 36.4 Å². The summed E-state index contributed by atoms with van der Waals surface area (Å²) >= 11 is 10.9. The van der Waals surface area contributed by atoms with Gasteiger partial charge in [-0.3, -0.25) is 0 Å². The Hall–Kier alpha value is -2.55. The van der Waals surface area contributed by atoms with Crippen LogP contribution in [0.25, 0.3) is 22.6 Å². The Kier molecular flexibility index (Phi) is 5.14. The number of furan rings is 1. The van der Waals surface area contributed by atoms with Crippen LogP contribution in [0.4, 0.5) is 5.69 Å². The molecule has 0 fully saturated rings. The second-order valence-electron chi connectivity index (χ2n) is 6.49. The van der Waals surface area contributed by atoms with E-state index in [0.717, 1.165) is 27.0 Å². The molecule has 4 aromatic rings. The van der Waals surface area contributed by atoms with Crippen LogP contribution in [-0.4, -0.2) is 21.4 Å². The van der Waals surface area contributed by atoms with Crippen molar-refractivity contribution in [2.24, 2.45) is 0 Å². The highest BCUT2D eigenvalue weighted by atomic mass is 79.9. The second kappa shape index (κ2) is 7.94. The van der Waals surface area contributed by atoms with Gasteiger partial charge in [0.1, 0.15) is 5.76 Å². The van der Waals surface area contributed by atoms with Gasteiger partial charge in [0.2, 0.25) is 17.3 Å². The molecule has 0 bridgehead atoms. The standard InChI is InChI=1S/C21H14BrClN4O2S/c1-30-21-25-20-18(26-27-21)14-10-12(22)4-7-15(14)24-19(29-20)17-9-8-16(28-17)11-2-5-13(23)6-3-11/h2-10,19,24H,1H3/t19-/m0/s1. The summed E-state index contributed by atoms with van der Waals surface area (Å²) in [5.74, 6) is 1.73. The summed E-state index contributed by atoms with van der Waals surface area (Å²) in [5.41, 5.74) is 3.19. The van der Waals surface area contributed by atoms with Crippen LogP contribution in [-0.2, 0) is 0 Å². The minimum atomic E-state index is -0.585. The normalized spacial score (nSPS) is 14.8. The number of anilines is 1. The lowest BCUT2D eigenvalue weighted by molar-refractivity contribution is 0.196. The molecule has 2 aromatic carbocycles. The lowest BCUT2D eigenvalue weighted by atomic mass is 10.1. The third-order valence-corrected chi connectivity index (χ3v) is 5.87. The highest BCUT2D eigenvalue weighted by Crippen LogP contribution is 2.41. The predicted octanol–water partition coefficient (Wildman–Crippen LogP) is 6.44. The third-order valence-electron chi connectivity index (χ3n) is 4.58. The van der Waals surface area contributed by atoms with E-state index in [4.69, 9.17) is 20.8 Å². The van der Waals surface area contributed by atoms with Gasteiger partial charge in [0.15, 0.2) is 11.5 Å². The fraction of sp³-hybridized carbons (Fsp3) is 0.0952. The van der Waals surface area contributed by atoms with Gasteiger partial charge in [0.05, 0.1) is 0 Å².